The summed E-state index contributed by atoms with van der Waals surface area (Å²) < 4.78 is 0. The van der Waals surface area contributed by atoms with Gasteiger partial charge in [0, 0.05) is 23.0 Å². The van der Waals surface area contributed by atoms with Crippen LogP contribution in [0.1, 0.15) is 11.1 Å². The lowest BCUT2D eigenvalue weighted by Crippen LogP contribution is -1.89. The fourth-order valence-electron chi connectivity index (χ4n) is 1.58. The molecule has 0 atom stereocenters. The van der Waals surface area contributed by atoms with Gasteiger partial charge in [0.05, 0.1) is 0 Å². The van der Waals surface area contributed by atoms with Gasteiger partial charge in [-0.05, 0) is 35.4 Å². The molecule has 3 heteroatoms. The second kappa shape index (κ2) is 5.41. The Morgan fingerprint density at radius 1 is 1.12 bits per heavy atom. The van der Waals surface area contributed by atoms with Crippen molar-refractivity contribution in [3.05, 3.63) is 71.0 Å². The van der Waals surface area contributed by atoms with Crippen molar-refractivity contribution in [1.29, 1.82) is 0 Å². The Hall–Kier alpha value is -1.93. The van der Waals surface area contributed by atoms with Gasteiger partial charge in [0.2, 0.25) is 0 Å². The van der Waals surface area contributed by atoms with E-state index < -0.39 is 0 Å². The van der Waals surface area contributed by atoms with Crippen molar-refractivity contribution < 1.29 is 4.79 Å². The maximum Gasteiger partial charge on any atom is 0.143 e. The van der Waals surface area contributed by atoms with Crippen LogP contribution in [-0.4, -0.2) is 11.3 Å². The average Bonchev–Trinajstić information content (AvgIpc) is 2.38. The van der Waals surface area contributed by atoms with Gasteiger partial charge in [-0.1, -0.05) is 29.8 Å². The number of aromatic nitrogens is 1. The van der Waals surface area contributed by atoms with Crippen LogP contribution in [0.25, 0.3) is 5.57 Å². The molecule has 0 amide bonds. The predicted octanol–water partition coefficient (Wildman–Crippen LogP) is 3.37. The van der Waals surface area contributed by atoms with E-state index in [1.54, 1.807) is 24.5 Å². The number of carbonyl (C=O) groups is 1. The van der Waals surface area contributed by atoms with E-state index in [0.29, 0.717) is 5.02 Å². The maximum atomic E-state index is 10.7. The zero-order valence-electron chi connectivity index (χ0n) is 9.01. The SMILES string of the molecule is O=CC=C(c1ccc(Cl)cc1)c1cccnc1. The van der Waals surface area contributed by atoms with E-state index in [2.05, 4.69) is 4.98 Å². The molecular weight excluding hydrogens is 234 g/mol. The van der Waals surface area contributed by atoms with Gasteiger partial charge in [0.1, 0.15) is 6.29 Å². The lowest BCUT2D eigenvalue weighted by atomic mass is 9.99. The molecule has 0 aliphatic heterocycles. The van der Waals surface area contributed by atoms with E-state index in [-0.39, 0.29) is 0 Å². The highest BCUT2D eigenvalue weighted by molar-refractivity contribution is 6.30. The third-order valence-electron chi connectivity index (χ3n) is 2.36. The van der Waals surface area contributed by atoms with Gasteiger partial charge in [-0.2, -0.15) is 0 Å². The molecule has 0 spiro atoms. The number of halogens is 1. The highest BCUT2D eigenvalue weighted by Gasteiger charge is 2.04. The predicted molar refractivity (Wildman–Crippen MR) is 68.8 cm³/mol. The summed E-state index contributed by atoms with van der Waals surface area (Å²) in [7, 11) is 0. The Morgan fingerprint density at radius 2 is 1.88 bits per heavy atom. The van der Waals surface area contributed by atoms with Crippen molar-refractivity contribution in [2.45, 2.75) is 0 Å². The van der Waals surface area contributed by atoms with Crippen molar-refractivity contribution >= 4 is 23.5 Å². The molecule has 84 valence electrons. The van der Waals surface area contributed by atoms with E-state index in [0.717, 1.165) is 23.0 Å². The highest BCUT2D eigenvalue weighted by Crippen LogP contribution is 2.23. The number of rotatable bonds is 3. The Labute approximate surface area is 105 Å². The summed E-state index contributed by atoms with van der Waals surface area (Å²) in [5.41, 5.74) is 2.68. The zero-order valence-corrected chi connectivity index (χ0v) is 9.76. The molecular formula is C14H10ClNO. The molecule has 0 N–H and O–H groups in total. The molecule has 0 saturated heterocycles. The number of pyridine rings is 1. The molecule has 0 saturated carbocycles. The number of aldehydes is 1. The van der Waals surface area contributed by atoms with Crippen molar-refractivity contribution in [3.63, 3.8) is 0 Å². The molecule has 1 aromatic heterocycles. The third kappa shape index (κ3) is 2.80. The minimum Gasteiger partial charge on any atom is -0.299 e. The maximum absolute atomic E-state index is 10.7. The molecule has 2 rings (SSSR count). The lowest BCUT2D eigenvalue weighted by Gasteiger charge is -2.06. The van der Waals surface area contributed by atoms with Gasteiger partial charge in [0.25, 0.3) is 0 Å². The lowest BCUT2D eigenvalue weighted by molar-refractivity contribution is -0.104. The van der Waals surface area contributed by atoms with Crippen molar-refractivity contribution in [2.75, 3.05) is 0 Å². The number of benzene rings is 1. The van der Waals surface area contributed by atoms with Gasteiger partial charge in [-0.25, -0.2) is 0 Å². The Bertz CT molecular complexity index is 532. The summed E-state index contributed by atoms with van der Waals surface area (Å²) in [6.07, 6.45) is 5.73. The summed E-state index contributed by atoms with van der Waals surface area (Å²) >= 11 is 5.84. The fourth-order valence-corrected chi connectivity index (χ4v) is 1.70. The number of hydrogen-bond acceptors (Lipinski definition) is 2. The first kappa shape index (κ1) is 11.6. The summed E-state index contributed by atoms with van der Waals surface area (Å²) in [6.45, 7) is 0. The summed E-state index contributed by atoms with van der Waals surface area (Å²) in [5, 5.41) is 0.672. The van der Waals surface area contributed by atoms with Crippen molar-refractivity contribution in [1.82, 2.24) is 4.98 Å². The summed E-state index contributed by atoms with van der Waals surface area (Å²) in [6, 6.07) is 11.1. The Morgan fingerprint density at radius 3 is 2.47 bits per heavy atom. The van der Waals surface area contributed by atoms with Crippen LogP contribution >= 0.6 is 11.6 Å². The number of allylic oxidation sites excluding steroid dienone is 1. The molecule has 0 radical (unpaired) electrons. The van der Waals surface area contributed by atoms with Gasteiger partial charge in [-0.3, -0.25) is 9.78 Å². The van der Waals surface area contributed by atoms with Gasteiger partial charge in [-0.15, -0.1) is 0 Å². The van der Waals surface area contributed by atoms with Crippen LogP contribution in [0.4, 0.5) is 0 Å². The van der Waals surface area contributed by atoms with E-state index in [4.69, 9.17) is 11.6 Å². The zero-order chi connectivity index (χ0) is 12.1. The van der Waals surface area contributed by atoms with Crippen LogP contribution in [-0.2, 0) is 4.79 Å². The summed E-state index contributed by atoms with van der Waals surface area (Å²) in [5.74, 6) is 0. The summed E-state index contributed by atoms with van der Waals surface area (Å²) in [4.78, 5) is 14.8. The second-order valence-electron chi connectivity index (χ2n) is 3.47. The van der Waals surface area contributed by atoms with Gasteiger partial charge < -0.3 is 0 Å². The first-order valence-electron chi connectivity index (χ1n) is 5.13. The second-order valence-corrected chi connectivity index (χ2v) is 3.90. The quantitative estimate of drug-likeness (QED) is 0.611. The van der Waals surface area contributed by atoms with E-state index in [1.807, 2.05) is 24.3 Å². The molecule has 2 aromatic rings. The van der Waals surface area contributed by atoms with Crippen molar-refractivity contribution in [2.24, 2.45) is 0 Å². The van der Waals surface area contributed by atoms with Crippen LogP contribution in [0.2, 0.25) is 5.02 Å². The number of nitrogens with zero attached hydrogens (tertiary/aromatic N) is 1. The molecule has 0 unspecified atom stereocenters. The highest BCUT2D eigenvalue weighted by atomic mass is 35.5. The molecule has 17 heavy (non-hydrogen) atoms. The first-order chi connectivity index (χ1) is 8.31. The van der Waals surface area contributed by atoms with Crippen LogP contribution in [0, 0.1) is 0 Å². The monoisotopic (exact) mass is 243 g/mol. The van der Waals surface area contributed by atoms with Crippen LogP contribution in [0.3, 0.4) is 0 Å². The standard InChI is InChI=1S/C14H10ClNO/c15-13-5-3-11(4-6-13)14(7-9-17)12-2-1-8-16-10-12/h1-10H. The number of carbonyl (C=O) groups excluding carboxylic acids is 1. The smallest absolute Gasteiger partial charge is 0.143 e. The molecule has 0 aliphatic rings. The molecule has 2 nitrogen and oxygen atoms in total. The molecule has 0 bridgehead atoms. The molecule has 0 fully saturated rings. The first-order valence-corrected chi connectivity index (χ1v) is 5.51. The van der Waals surface area contributed by atoms with Crippen LogP contribution in [0.15, 0.2) is 54.9 Å². The van der Waals surface area contributed by atoms with E-state index >= 15 is 0 Å². The average molecular weight is 244 g/mol. The molecule has 1 aromatic carbocycles. The Balaban J connectivity index is 2.47. The van der Waals surface area contributed by atoms with Gasteiger partial charge in [0.15, 0.2) is 0 Å². The van der Waals surface area contributed by atoms with Crippen LogP contribution < -0.4 is 0 Å². The van der Waals surface area contributed by atoms with Crippen LogP contribution in [0.5, 0.6) is 0 Å². The molecule has 0 aliphatic carbocycles. The van der Waals surface area contributed by atoms with E-state index in [9.17, 15) is 4.79 Å². The fraction of sp³-hybridized carbons (Fsp3) is 0. The third-order valence-corrected chi connectivity index (χ3v) is 2.61. The van der Waals surface area contributed by atoms with Crippen molar-refractivity contribution in [3.8, 4) is 0 Å². The van der Waals surface area contributed by atoms with Gasteiger partial charge >= 0.3 is 0 Å². The normalized spacial score (nSPS) is 11.2. The molecule has 1 heterocycles. The minimum absolute atomic E-state index is 0.672. The largest absolute Gasteiger partial charge is 0.299 e. The topological polar surface area (TPSA) is 30.0 Å². The number of hydrogen-bond donors (Lipinski definition) is 0. The van der Waals surface area contributed by atoms with E-state index in [1.165, 1.54) is 6.08 Å². The minimum atomic E-state index is 0.672. The Kier molecular flexibility index (Phi) is 3.68.